The van der Waals surface area contributed by atoms with Gasteiger partial charge in [0.2, 0.25) is 0 Å². The standard InChI is InChI=1S/C14H20N2O2/c1-11(10-16-8-2-3-9-16)15-13-6-4-12(5-7-13)14(17)18/h4-7,11,15H,2-3,8-10H2,1H3,(H,17,18). The van der Waals surface area contributed by atoms with Crippen LogP contribution in [0.1, 0.15) is 30.1 Å². The van der Waals surface area contributed by atoms with E-state index in [0.717, 1.165) is 12.2 Å². The van der Waals surface area contributed by atoms with Crippen molar-refractivity contribution in [1.29, 1.82) is 0 Å². The van der Waals surface area contributed by atoms with E-state index >= 15 is 0 Å². The Morgan fingerprint density at radius 3 is 2.50 bits per heavy atom. The van der Waals surface area contributed by atoms with E-state index in [-0.39, 0.29) is 0 Å². The van der Waals surface area contributed by atoms with Crippen LogP contribution in [0.3, 0.4) is 0 Å². The number of carboxylic acid groups (broad SMARTS) is 1. The fourth-order valence-corrected chi connectivity index (χ4v) is 2.39. The van der Waals surface area contributed by atoms with Gasteiger partial charge in [-0.1, -0.05) is 0 Å². The Bertz CT molecular complexity index is 397. The monoisotopic (exact) mass is 248 g/mol. The lowest BCUT2D eigenvalue weighted by atomic mass is 10.2. The Balaban J connectivity index is 1.86. The van der Waals surface area contributed by atoms with Crippen LogP contribution in [0, 0.1) is 0 Å². The zero-order chi connectivity index (χ0) is 13.0. The number of hydrogen-bond donors (Lipinski definition) is 2. The van der Waals surface area contributed by atoms with Crippen molar-refractivity contribution in [2.75, 3.05) is 25.0 Å². The van der Waals surface area contributed by atoms with Gasteiger partial charge in [-0.05, 0) is 57.1 Å². The maximum atomic E-state index is 10.7. The highest BCUT2D eigenvalue weighted by Crippen LogP contribution is 2.13. The lowest BCUT2D eigenvalue weighted by Gasteiger charge is -2.22. The quantitative estimate of drug-likeness (QED) is 0.839. The van der Waals surface area contributed by atoms with Crippen molar-refractivity contribution in [2.24, 2.45) is 0 Å². The van der Waals surface area contributed by atoms with Gasteiger partial charge in [0.15, 0.2) is 0 Å². The summed E-state index contributed by atoms with van der Waals surface area (Å²) in [6.07, 6.45) is 2.61. The molecule has 4 heteroatoms. The molecule has 1 heterocycles. The van der Waals surface area contributed by atoms with Gasteiger partial charge in [0, 0.05) is 18.3 Å². The topological polar surface area (TPSA) is 52.6 Å². The summed E-state index contributed by atoms with van der Waals surface area (Å²) in [5.41, 5.74) is 1.31. The highest BCUT2D eigenvalue weighted by atomic mass is 16.4. The summed E-state index contributed by atoms with van der Waals surface area (Å²) < 4.78 is 0. The second kappa shape index (κ2) is 5.87. The smallest absolute Gasteiger partial charge is 0.335 e. The molecule has 0 aromatic heterocycles. The van der Waals surface area contributed by atoms with Gasteiger partial charge >= 0.3 is 5.97 Å². The van der Waals surface area contributed by atoms with Crippen LogP contribution in [0.25, 0.3) is 0 Å². The minimum atomic E-state index is -0.883. The summed E-state index contributed by atoms with van der Waals surface area (Å²) in [7, 11) is 0. The molecule has 0 amide bonds. The average Bonchev–Trinajstić information content (AvgIpc) is 2.82. The first-order valence-electron chi connectivity index (χ1n) is 6.47. The van der Waals surface area contributed by atoms with Gasteiger partial charge in [0.25, 0.3) is 0 Å². The molecule has 2 N–H and O–H groups in total. The van der Waals surface area contributed by atoms with Gasteiger partial charge in [0.05, 0.1) is 5.56 Å². The molecule has 0 aliphatic carbocycles. The molecule has 1 aliphatic heterocycles. The number of carboxylic acids is 1. The Kier molecular flexibility index (Phi) is 4.20. The van der Waals surface area contributed by atoms with Gasteiger partial charge < -0.3 is 15.3 Å². The summed E-state index contributed by atoms with van der Waals surface area (Å²) in [5.74, 6) is -0.883. The molecule has 1 aromatic rings. The second-order valence-electron chi connectivity index (χ2n) is 4.94. The first kappa shape index (κ1) is 12.9. The van der Waals surface area contributed by atoms with Crippen LogP contribution in [0.5, 0.6) is 0 Å². The van der Waals surface area contributed by atoms with Crippen LogP contribution in [0.2, 0.25) is 0 Å². The number of rotatable bonds is 5. The molecule has 0 spiro atoms. The predicted octanol–water partition coefficient (Wildman–Crippen LogP) is 2.28. The largest absolute Gasteiger partial charge is 0.478 e. The number of nitrogens with one attached hydrogen (secondary N) is 1. The summed E-state index contributed by atoms with van der Waals surface area (Å²) in [6, 6.07) is 7.28. The molecule has 1 unspecified atom stereocenters. The normalized spacial score (nSPS) is 17.6. The minimum Gasteiger partial charge on any atom is -0.478 e. The Morgan fingerprint density at radius 2 is 1.94 bits per heavy atom. The molecule has 1 atom stereocenters. The molecule has 1 saturated heterocycles. The summed E-state index contributed by atoms with van der Waals surface area (Å²) >= 11 is 0. The third-order valence-electron chi connectivity index (χ3n) is 3.28. The summed E-state index contributed by atoms with van der Waals surface area (Å²) in [5, 5.41) is 12.2. The Morgan fingerprint density at radius 1 is 1.33 bits per heavy atom. The number of aromatic carboxylic acids is 1. The number of benzene rings is 1. The number of carbonyl (C=O) groups is 1. The molecule has 0 saturated carbocycles. The van der Waals surface area contributed by atoms with E-state index in [2.05, 4.69) is 17.1 Å². The van der Waals surface area contributed by atoms with Gasteiger partial charge in [0.1, 0.15) is 0 Å². The lowest BCUT2D eigenvalue weighted by Crippen LogP contribution is -2.32. The summed E-state index contributed by atoms with van der Waals surface area (Å²) in [6.45, 7) is 5.60. The fraction of sp³-hybridized carbons (Fsp3) is 0.500. The molecule has 0 radical (unpaired) electrons. The Labute approximate surface area is 108 Å². The molecule has 98 valence electrons. The van der Waals surface area contributed by atoms with E-state index < -0.39 is 5.97 Å². The number of hydrogen-bond acceptors (Lipinski definition) is 3. The number of nitrogens with zero attached hydrogens (tertiary/aromatic N) is 1. The average molecular weight is 248 g/mol. The molecule has 4 nitrogen and oxygen atoms in total. The van der Waals surface area contributed by atoms with Crippen molar-refractivity contribution in [3.05, 3.63) is 29.8 Å². The third-order valence-corrected chi connectivity index (χ3v) is 3.28. The summed E-state index contributed by atoms with van der Waals surface area (Å²) in [4.78, 5) is 13.2. The fourth-order valence-electron chi connectivity index (χ4n) is 2.39. The molecular formula is C14H20N2O2. The lowest BCUT2D eigenvalue weighted by molar-refractivity contribution is 0.0697. The van der Waals surface area contributed by atoms with Crippen LogP contribution >= 0.6 is 0 Å². The molecule has 18 heavy (non-hydrogen) atoms. The first-order valence-corrected chi connectivity index (χ1v) is 6.47. The minimum absolute atomic E-state index is 0.327. The zero-order valence-electron chi connectivity index (χ0n) is 10.7. The maximum absolute atomic E-state index is 10.7. The van der Waals surface area contributed by atoms with E-state index in [1.54, 1.807) is 12.1 Å². The van der Waals surface area contributed by atoms with E-state index in [0.29, 0.717) is 11.6 Å². The zero-order valence-corrected chi connectivity index (χ0v) is 10.7. The van der Waals surface area contributed by atoms with Crippen molar-refractivity contribution in [2.45, 2.75) is 25.8 Å². The van der Waals surface area contributed by atoms with Crippen LogP contribution < -0.4 is 5.32 Å². The maximum Gasteiger partial charge on any atom is 0.335 e. The Hall–Kier alpha value is -1.55. The molecule has 1 aromatic carbocycles. The molecule has 1 fully saturated rings. The van der Waals surface area contributed by atoms with E-state index in [4.69, 9.17) is 5.11 Å². The van der Waals surface area contributed by atoms with Crippen molar-refractivity contribution < 1.29 is 9.90 Å². The van der Waals surface area contributed by atoms with E-state index in [1.165, 1.54) is 25.9 Å². The number of anilines is 1. The SMILES string of the molecule is CC(CN1CCCC1)Nc1ccc(C(=O)O)cc1. The third kappa shape index (κ3) is 3.47. The van der Waals surface area contributed by atoms with Gasteiger partial charge in [-0.3, -0.25) is 0 Å². The molecular weight excluding hydrogens is 228 g/mol. The van der Waals surface area contributed by atoms with Crippen molar-refractivity contribution in [1.82, 2.24) is 4.90 Å². The highest BCUT2D eigenvalue weighted by Gasteiger charge is 2.14. The van der Waals surface area contributed by atoms with Crippen LogP contribution in [-0.2, 0) is 0 Å². The molecule has 0 bridgehead atoms. The number of likely N-dealkylation sites (tertiary alicyclic amines) is 1. The second-order valence-corrected chi connectivity index (χ2v) is 4.94. The van der Waals surface area contributed by atoms with Crippen molar-refractivity contribution >= 4 is 11.7 Å². The molecule has 1 aliphatic rings. The van der Waals surface area contributed by atoms with Crippen molar-refractivity contribution in [3.63, 3.8) is 0 Å². The predicted molar refractivity (Wildman–Crippen MR) is 72.2 cm³/mol. The van der Waals surface area contributed by atoms with Crippen LogP contribution in [0.15, 0.2) is 24.3 Å². The van der Waals surface area contributed by atoms with E-state index in [9.17, 15) is 4.79 Å². The van der Waals surface area contributed by atoms with Gasteiger partial charge in [-0.25, -0.2) is 4.79 Å². The van der Waals surface area contributed by atoms with E-state index in [1.807, 2.05) is 12.1 Å². The van der Waals surface area contributed by atoms with Crippen molar-refractivity contribution in [3.8, 4) is 0 Å². The first-order chi connectivity index (χ1) is 8.65. The van der Waals surface area contributed by atoms with Gasteiger partial charge in [-0.15, -0.1) is 0 Å². The van der Waals surface area contributed by atoms with Crippen LogP contribution in [-0.4, -0.2) is 41.7 Å². The molecule has 2 rings (SSSR count). The highest BCUT2D eigenvalue weighted by molar-refractivity contribution is 5.87. The van der Waals surface area contributed by atoms with Crippen LogP contribution in [0.4, 0.5) is 5.69 Å². The van der Waals surface area contributed by atoms with Gasteiger partial charge in [-0.2, -0.15) is 0 Å².